The highest BCUT2D eigenvalue weighted by atomic mass is 79.9. The van der Waals surface area contributed by atoms with E-state index in [4.69, 9.17) is 4.74 Å². The largest absolute Gasteiger partial charge is 0.484 e. The van der Waals surface area contributed by atoms with Crippen LogP contribution in [0.25, 0.3) is 5.70 Å². The fraction of sp³-hybridized carbons (Fsp3) is 0.118. The minimum Gasteiger partial charge on any atom is -0.484 e. The Morgan fingerprint density at radius 1 is 1.09 bits per heavy atom. The summed E-state index contributed by atoms with van der Waals surface area (Å²) in [6, 6.07) is 15.1. The second-order valence-electron chi connectivity index (χ2n) is 4.76. The zero-order valence-corrected chi connectivity index (χ0v) is 13.8. The van der Waals surface area contributed by atoms with E-state index in [0.717, 1.165) is 15.6 Å². The van der Waals surface area contributed by atoms with Gasteiger partial charge in [-0.25, -0.2) is 0 Å². The molecule has 0 unspecified atom stereocenters. The van der Waals surface area contributed by atoms with Crippen molar-refractivity contribution >= 4 is 27.5 Å². The molecule has 0 fully saturated rings. The number of nitrogens with one attached hydrogen (secondary N) is 2. The van der Waals surface area contributed by atoms with Crippen molar-refractivity contribution in [3.05, 3.63) is 70.7 Å². The summed E-state index contributed by atoms with van der Waals surface area (Å²) in [7, 11) is 0. The lowest BCUT2D eigenvalue weighted by Gasteiger charge is -2.12. The smallest absolute Gasteiger partial charge is 0.276 e. The lowest BCUT2D eigenvalue weighted by molar-refractivity contribution is -0.123. The Hall–Kier alpha value is -2.27. The highest BCUT2D eigenvalue weighted by Crippen LogP contribution is 2.14. The second-order valence-corrected chi connectivity index (χ2v) is 5.68. The predicted octanol–water partition coefficient (Wildman–Crippen LogP) is 3.43. The van der Waals surface area contributed by atoms with Crippen molar-refractivity contribution in [1.29, 1.82) is 0 Å². The maximum Gasteiger partial charge on any atom is 0.276 e. The molecule has 2 aromatic carbocycles. The molecule has 1 amide bonds. The first-order valence-corrected chi connectivity index (χ1v) is 7.53. The van der Waals surface area contributed by atoms with E-state index in [-0.39, 0.29) is 12.5 Å². The van der Waals surface area contributed by atoms with Crippen LogP contribution in [-0.4, -0.2) is 12.5 Å². The molecule has 0 radical (unpaired) electrons. The Morgan fingerprint density at radius 3 is 2.36 bits per heavy atom. The van der Waals surface area contributed by atoms with Crippen molar-refractivity contribution in [3.8, 4) is 5.75 Å². The Morgan fingerprint density at radius 2 is 1.73 bits per heavy atom. The number of hydrazine groups is 1. The van der Waals surface area contributed by atoms with E-state index in [2.05, 4.69) is 33.4 Å². The number of halogens is 1. The summed E-state index contributed by atoms with van der Waals surface area (Å²) >= 11 is 3.37. The summed E-state index contributed by atoms with van der Waals surface area (Å²) in [5.74, 6) is 0.381. The first kappa shape index (κ1) is 16.1. The number of benzene rings is 2. The van der Waals surface area contributed by atoms with Gasteiger partial charge in [0.2, 0.25) is 0 Å². The van der Waals surface area contributed by atoms with E-state index in [0.29, 0.717) is 11.4 Å². The van der Waals surface area contributed by atoms with Crippen LogP contribution in [0.4, 0.5) is 0 Å². The zero-order valence-electron chi connectivity index (χ0n) is 12.2. The van der Waals surface area contributed by atoms with Crippen molar-refractivity contribution in [3.63, 3.8) is 0 Å². The first-order chi connectivity index (χ1) is 10.5. The van der Waals surface area contributed by atoms with Gasteiger partial charge in [0.05, 0.1) is 5.70 Å². The minimum absolute atomic E-state index is 0.0658. The maximum atomic E-state index is 11.7. The van der Waals surface area contributed by atoms with Gasteiger partial charge in [-0.1, -0.05) is 52.3 Å². The van der Waals surface area contributed by atoms with Crippen LogP contribution in [0, 0.1) is 6.92 Å². The van der Waals surface area contributed by atoms with Crippen LogP contribution >= 0.6 is 15.9 Å². The monoisotopic (exact) mass is 360 g/mol. The number of ether oxygens (including phenoxy) is 1. The van der Waals surface area contributed by atoms with Gasteiger partial charge in [-0.3, -0.25) is 15.6 Å². The molecule has 0 saturated carbocycles. The van der Waals surface area contributed by atoms with Gasteiger partial charge < -0.3 is 4.74 Å². The van der Waals surface area contributed by atoms with Gasteiger partial charge in [0.1, 0.15) is 5.75 Å². The SMILES string of the molecule is C=C(NNC(=O)COc1ccc(C)cc1)c1ccc(Br)cc1. The molecule has 0 saturated heterocycles. The number of aryl methyl sites for hydroxylation is 1. The van der Waals surface area contributed by atoms with Gasteiger partial charge in [-0.15, -0.1) is 0 Å². The summed E-state index contributed by atoms with van der Waals surface area (Å²) in [6.45, 7) is 5.80. The lowest BCUT2D eigenvalue weighted by atomic mass is 10.2. The van der Waals surface area contributed by atoms with Crippen LogP contribution in [0.1, 0.15) is 11.1 Å². The average molecular weight is 361 g/mol. The van der Waals surface area contributed by atoms with E-state index in [1.54, 1.807) is 0 Å². The normalized spacial score (nSPS) is 9.91. The van der Waals surface area contributed by atoms with Gasteiger partial charge in [-0.2, -0.15) is 0 Å². The van der Waals surface area contributed by atoms with Gasteiger partial charge in [0, 0.05) is 4.47 Å². The Kier molecular flexibility index (Phi) is 5.61. The van der Waals surface area contributed by atoms with E-state index in [1.165, 1.54) is 0 Å². The number of hydrogen-bond acceptors (Lipinski definition) is 3. The quantitative estimate of drug-likeness (QED) is 0.776. The molecule has 0 heterocycles. The molecule has 0 bridgehead atoms. The number of hydrogen-bond donors (Lipinski definition) is 2. The highest BCUT2D eigenvalue weighted by Gasteiger charge is 2.04. The molecule has 114 valence electrons. The van der Waals surface area contributed by atoms with Crippen molar-refractivity contribution in [1.82, 2.24) is 10.9 Å². The van der Waals surface area contributed by atoms with E-state index < -0.39 is 0 Å². The molecule has 0 aromatic heterocycles. The van der Waals surface area contributed by atoms with Crippen molar-refractivity contribution in [2.45, 2.75) is 6.92 Å². The molecule has 0 aliphatic heterocycles. The summed E-state index contributed by atoms with van der Waals surface area (Å²) in [5.41, 5.74) is 7.97. The van der Waals surface area contributed by atoms with E-state index in [1.807, 2.05) is 55.5 Å². The minimum atomic E-state index is -0.279. The van der Waals surface area contributed by atoms with E-state index >= 15 is 0 Å². The third-order valence-electron chi connectivity index (χ3n) is 2.94. The van der Waals surface area contributed by atoms with Gasteiger partial charge >= 0.3 is 0 Å². The van der Waals surface area contributed by atoms with Crippen molar-refractivity contribution < 1.29 is 9.53 Å². The molecule has 0 aliphatic carbocycles. The standard InChI is InChI=1S/C17H17BrN2O2/c1-12-3-9-16(10-4-12)22-11-17(21)20-19-13(2)14-5-7-15(18)8-6-14/h3-10,19H,2,11H2,1H3,(H,20,21). The van der Waals surface area contributed by atoms with Crippen LogP contribution in [0.3, 0.4) is 0 Å². The lowest BCUT2D eigenvalue weighted by Crippen LogP contribution is -2.38. The molecule has 0 aliphatic rings. The average Bonchev–Trinajstić information content (AvgIpc) is 2.52. The fourth-order valence-corrected chi connectivity index (χ4v) is 1.95. The molecule has 0 spiro atoms. The maximum absolute atomic E-state index is 11.7. The third-order valence-corrected chi connectivity index (χ3v) is 3.47. The summed E-state index contributed by atoms with van der Waals surface area (Å²) in [5, 5.41) is 0. The topological polar surface area (TPSA) is 50.4 Å². The number of carbonyl (C=O) groups excluding carboxylic acids is 1. The molecule has 4 nitrogen and oxygen atoms in total. The van der Waals surface area contributed by atoms with Crippen molar-refractivity contribution in [2.75, 3.05) is 6.61 Å². The second kappa shape index (κ2) is 7.66. The number of rotatable bonds is 6. The summed E-state index contributed by atoms with van der Waals surface area (Å²) in [4.78, 5) is 11.7. The fourth-order valence-electron chi connectivity index (χ4n) is 1.69. The van der Waals surface area contributed by atoms with Crippen LogP contribution in [0.15, 0.2) is 59.6 Å². The van der Waals surface area contributed by atoms with Crippen LogP contribution in [-0.2, 0) is 4.79 Å². The molecular formula is C17H17BrN2O2. The molecule has 2 N–H and O–H groups in total. The zero-order chi connectivity index (χ0) is 15.9. The Bertz CT molecular complexity index is 651. The molecular weight excluding hydrogens is 344 g/mol. The van der Waals surface area contributed by atoms with E-state index in [9.17, 15) is 4.79 Å². The molecule has 2 rings (SSSR count). The van der Waals surface area contributed by atoms with Crippen LogP contribution in [0.2, 0.25) is 0 Å². The summed E-state index contributed by atoms with van der Waals surface area (Å²) < 4.78 is 6.37. The first-order valence-electron chi connectivity index (χ1n) is 6.74. The molecule has 0 atom stereocenters. The van der Waals surface area contributed by atoms with Gasteiger partial charge in [0.25, 0.3) is 5.91 Å². The van der Waals surface area contributed by atoms with Crippen LogP contribution in [0.5, 0.6) is 5.75 Å². The highest BCUT2D eigenvalue weighted by molar-refractivity contribution is 9.10. The third kappa shape index (κ3) is 4.93. The van der Waals surface area contributed by atoms with Gasteiger partial charge in [0.15, 0.2) is 6.61 Å². The summed E-state index contributed by atoms with van der Waals surface area (Å²) in [6.07, 6.45) is 0. The Balaban J connectivity index is 1.76. The van der Waals surface area contributed by atoms with Gasteiger partial charge in [-0.05, 0) is 36.8 Å². The van der Waals surface area contributed by atoms with Crippen molar-refractivity contribution in [2.24, 2.45) is 0 Å². The molecule has 22 heavy (non-hydrogen) atoms. The van der Waals surface area contributed by atoms with Crippen LogP contribution < -0.4 is 15.6 Å². The number of carbonyl (C=O) groups is 1. The Labute approximate surface area is 138 Å². The molecule has 5 heteroatoms. The number of amides is 1. The molecule has 2 aromatic rings. The predicted molar refractivity (Wildman–Crippen MR) is 91.1 cm³/mol.